The second-order valence-electron chi connectivity index (χ2n) is 3.67. The summed E-state index contributed by atoms with van der Waals surface area (Å²) in [6.45, 7) is 2.46. The second-order valence-corrected chi connectivity index (χ2v) is 3.67. The molecule has 4 N–H and O–H groups in total. The van der Waals surface area contributed by atoms with E-state index in [1.807, 2.05) is 4.90 Å². The largest absolute Gasteiger partial charge is 0.480 e. The van der Waals surface area contributed by atoms with E-state index in [-0.39, 0.29) is 0 Å². The highest BCUT2D eigenvalue weighted by atomic mass is 16.5. The van der Waals surface area contributed by atoms with Gasteiger partial charge in [0.15, 0.2) is 0 Å². The number of hydrogen-bond acceptors (Lipinski definition) is 6. The zero-order valence-corrected chi connectivity index (χ0v) is 9.00. The molecule has 0 radical (unpaired) electrons. The van der Waals surface area contributed by atoms with Gasteiger partial charge in [-0.05, 0) is 0 Å². The maximum Gasteiger partial charge on any atom is 0.323 e. The number of rotatable bonds is 6. The lowest BCUT2D eigenvalue weighted by molar-refractivity contribution is -0.141. The lowest BCUT2D eigenvalue weighted by Gasteiger charge is -2.29. The number of hydrogen-bond donors (Lipinski definition) is 4. The molecule has 1 saturated heterocycles. The van der Waals surface area contributed by atoms with Crippen molar-refractivity contribution in [2.75, 3.05) is 39.5 Å². The Morgan fingerprint density at radius 3 is 2.56 bits per heavy atom. The number of morpholine rings is 1. The van der Waals surface area contributed by atoms with Gasteiger partial charge in [-0.1, -0.05) is 0 Å². The number of nitrogens with zero attached hydrogens (tertiary/aromatic N) is 1. The van der Waals surface area contributed by atoms with Crippen molar-refractivity contribution in [3.8, 4) is 0 Å². The lowest BCUT2D eigenvalue weighted by atomic mass is 10.3. The molecule has 0 spiro atoms. The van der Waals surface area contributed by atoms with Crippen molar-refractivity contribution in [1.29, 1.82) is 0 Å². The van der Waals surface area contributed by atoms with Crippen LogP contribution >= 0.6 is 0 Å². The molecular weight excluding hydrogens is 216 g/mol. The van der Waals surface area contributed by atoms with Crippen molar-refractivity contribution in [3.05, 3.63) is 0 Å². The van der Waals surface area contributed by atoms with Crippen LogP contribution < -0.4 is 5.32 Å². The molecule has 1 aliphatic rings. The summed E-state index contributed by atoms with van der Waals surface area (Å²) in [5.74, 6) is -1.18. The van der Waals surface area contributed by atoms with Crippen molar-refractivity contribution in [3.63, 3.8) is 0 Å². The zero-order chi connectivity index (χ0) is 12.0. The summed E-state index contributed by atoms with van der Waals surface area (Å²) in [6, 6.07) is -1.13. The van der Waals surface area contributed by atoms with Gasteiger partial charge in [-0.15, -0.1) is 0 Å². The van der Waals surface area contributed by atoms with E-state index in [0.29, 0.717) is 19.8 Å². The highest BCUT2D eigenvalue weighted by Gasteiger charge is 2.21. The third-order valence-electron chi connectivity index (χ3n) is 2.41. The van der Waals surface area contributed by atoms with E-state index in [9.17, 15) is 9.90 Å². The van der Waals surface area contributed by atoms with Crippen molar-refractivity contribution in [2.24, 2.45) is 0 Å². The number of aliphatic carboxylic acids is 1. The van der Waals surface area contributed by atoms with E-state index in [2.05, 4.69) is 5.32 Å². The monoisotopic (exact) mass is 234 g/mol. The number of β-amino-alcohol motifs (C(OH)–C–C–N with tert-alkyl or cyclic N) is 1. The van der Waals surface area contributed by atoms with E-state index in [4.69, 9.17) is 14.9 Å². The summed E-state index contributed by atoms with van der Waals surface area (Å²) in [4.78, 5) is 12.6. The quantitative estimate of drug-likeness (QED) is 0.382. The molecule has 0 aliphatic carbocycles. The Bertz CT molecular complexity index is 220. The molecule has 2 atom stereocenters. The molecule has 0 amide bonds. The first kappa shape index (κ1) is 13.3. The molecule has 7 nitrogen and oxygen atoms in total. The van der Waals surface area contributed by atoms with E-state index in [1.165, 1.54) is 0 Å². The SMILES string of the molecule is O=C(O)[C@H](CO)NC(O)CN1CCOCC1. The molecule has 1 fully saturated rings. The summed E-state index contributed by atoms with van der Waals surface area (Å²) < 4.78 is 5.14. The van der Waals surface area contributed by atoms with Crippen molar-refractivity contribution < 1.29 is 24.9 Å². The number of aliphatic hydroxyl groups is 2. The Morgan fingerprint density at radius 1 is 1.44 bits per heavy atom. The Labute approximate surface area is 93.6 Å². The number of nitrogens with one attached hydrogen (secondary N) is 1. The van der Waals surface area contributed by atoms with Crippen molar-refractivity contribution in [2.45, 2.75) is 12.3 Å². The molecule has 1 rings (SSSR count). The van der Waals surface area contributed by atoms with Crippen molar-refractivity contribution >= 4 is 5.97 Å². The third kappa shape index (κ3) is 4.42. The van der Waals surface area contributed by atoms with Crippen LogP contribution in [0.3, 0.4) is 0 Å². The van der Waals surface area contributed by atoms with Gasteiger partial charge in [-0.2, -0.15) is 0 Å². The summed E-state index contributed by atoms with van der Waals surface area (Å²) >= 11 is 0. The van der Waals surface area contributed by atoms with Gasteiger partial charge in [0.05, 0.1) is 19.8 Å². The minimum absolute atomic E-state index is 0.327. The first-order valence-electron chi connectivity index (χ1n) is 5.21. The normalized spacial score (nSPS) is 21.6. The fraction of sp³-hybridized carbons (Fsp3) is 0.889. The molecule has 0 aromatic heterocycles. The topological polar surface area (TPSA) is 102 Å². The number of carboxylic acid groups (broad SMARTS) is 1. The third-order valence-corrected chi connectivity index (χ3v) is 2.41. The van der Waals surface area contributed by atoms with Crippen LogP contribution in [0.1, 0.15) is 0 Å². The van der Waals surface area contributed by atoms with Gasteiger partial charge in [0.25, 0.3) is 0 Å². The lowest BCUT2D eigenvalue weighted by Crippen LogP contribution is -2.51. The summed E-state index contributed by atoms with van der Waals surface area (Å²) in [5.41, 5.74) is 0. The van der Waals surface area contributed by atoms with E-state index in [0.717, 1.165) is 13.1 Å². The van der Waals surface area contributed by atoms with E-state index in [1.54, 1.807) is 0 Å². The molecule has 1 heterocycles. The Hall–Kier alpha value is -0.730. The van der Waals surface area contributed by atoms with Gasteiger partial charge in [-0.25, -0.2) is 0 Å². The molecule has 16 heavy (non-hydrogen) atoms. The van der Waals surface area contributed by atoms with Gasteiger partial charge >= 0.3 is 5.97 Å². The van der Waals surface area contributed by atoms with Crippen LogP contribution in [0.5, 0.6) is 0 Å². The molecule has 1 aliphatic heterocycles. The Kier molecular flexibility index (Phi) is 5.64. The number of carbonyl (C=O) groups is 1. The predicted octanol–water partition coefficient (Wildman–Crippen LogP) is -2.33. The minimum atomic E-state index is -1.18. The molecule has 0 bridgehead atoms. The van der Waals surface area contributed by atoms with Gasteiger partial charge < -0.3 is 20.1 Å². The van der Waals surface area contributed by atoms with Gasteiger partial charge in [0, 0.05) is 19.6 Å². The molecular formula is C9H18N2O5. The second kappa shape index (κ2) is 6.77. The van der Waals surface area contributed by atoms with Crippen LogP contribution in [0.25, 0.3) is 0 Å². The zero-order valence-electron chi connectivity index (χ0n) is 9.00. The van der Waals surface area contributed by atoms with Crippen LogP contribution in [0.4, 0.5) is 0 Å². The maximum absolute atomic E-state index is 10.6. The average Bonchev–Trinajstić information content (AvgIpc) is 2.27. The summed E-state index contributed by atoms with van der Waals surface area (Å²) in [7, 11) is 0. The summed E-state index contributed by atoms with van der Waals surface area (Å²) in [5, 5.41) is 29.4. The van der Waals surface area contributed by atoms with E-state index < -0.39 is 24.8 Å². The van der Waals surface area contributed by atoms with Gasteiger partial charge in [-0.3, -0.25) is 15.0 Å². The van der Waals surface area contributed by atoms with Crippen LogP contribution in [-0.4, -0.2) is 77.9 Å². The van der Waals surface area contributed by atoms with Crippen LogP contribution in [-0.2, 0) is 9.53 Å². The number of aliphatic hydroxyl groups excluding tert-OH is 2. The molecule has 0 saturated carbocycles. The highest BCUT2D eigenvalue weighted by molar-refractivity contribution is 5.73. The average molecular weight is 234 g/mol. The van der Waals surface area contributed by atoms with Gasteiger partial charge in [0.2, 0.25) is 0 Å². The first-order valence-corrected chi connectivity index (χ1v) is 5.21. The molecule has 94 valence electrons. The smallest absolute Gasteiger partial charge is 0.323 e. The minimum Gasteiger partial charge on any atom is -0.480 e. The van der Waals surface area contributed by atoms with Gasteiger partial charge in [0.1, 0.15) is 12.3 Å². The Balaban J connectivity index is 2.27. The molecule has 1 unspecified atom stereocenters. The number of carboxylic acids is 1. The van der Waals surface area contributed by atoms with Crippen LogP contribution in [0.2, 0.25) is 0 Å². The first-order chi connectivity index (χ1) is 7.63. The number of ether oxygens (including phenoxy) is 1. The van der Waals surface area contributed by atoms with Crippen LogP contribution in [0.15, 0.2) is 0 Å². The predicted molar refractivity (Wildman–Crippen MR) is 54.9 cm³/mol. The molecule has 0 aromatic rings. The fourth-order valence-corrected chi connectivity index (χ4v) is 1.52. The fourth-order valence-electron chi connectivity index (χ4n) is 1.52. The maximum atomic E-state index is 10.6. The van der Waals surface area contributed by atoms with E-state index >= 15 is 0 Å². The molecule has 0 aromatic carbocycles. The molecule has 7 heteroatoms. The Morgan fingerprint density at radius 2 is 2.06 bits per heavy atom. The summed E-state index contributed by atoms with van der Waals surface area (Å²) in [6.07, 6.45) is -0.966. The highest BCUT2D eigenvalue weighted by Crippen LogP contribution is 1.98. The van der Waals surface area contributed by atoms with Crippen molar-refractivity contribution in [1.82, 2.24) is 10.2 Å². The standard InChI is InChI=1S/C9H18N2O5/c12-6-7(9(14)15)10-8(13)5-11-1-3-16-4-2-11/h7-8,10,12-13H,1-6H2,(H,14,15)/t7-,8?/m0/s1. The van der Waals surface area contributed by atoms with Crippen LogP contribution in [0, 0.1) is 0 Å².